The quantitative estimate of drug-likeness (QED) is 0.340. The Kier molecular flexibility index (Phi) is 6.42. The molecule has 0 bridgehead atoms. The number of amides is 1. The number of nitrogens with zero attached hydrogens (tertiary/aromatic N) is 3. The standard InChI is InChI=1S/C19H19N7OS/c20-17(28)14-6-7-15(24-12-14)21-10-11-23-19-22-9-8-16(26-19)25-18(27)13-4-2-1-3-5-13/h1-9,12H,10-11H2,(H2,20,28)(H,21,24)(H2,22,23,25,26,27). The van der Waals surface area contributed by atoms with Gasteiger partial charge in [-0.25, -0.2) is 9.97 Å². The van der Waals surface area contributed by atoms with Gasteiger partial charge in [-0.05, 0) is 30.3 Å². The van der Waals surface area contributed by atoms with Crippen molar-refractivity contribution in [1.82, 2.24) is 15.0 Å². The summed E-state index contributed by atoms with van der Waals surface area (Å²) in [6.07, 6.45) is 3.21. The van der Waals surface area contributed by atoms with Crippen LogP contribution in [0.5, 0.6) is 0 Å². The third-order valence-corrected chi connectivity index (χ3v) is 3.93. The van der Waals surface area contributed by atoms with E-state index in [1.165, 1.54) is 0 Å². The molecule has 0 saturated heterocycles. The van der Waals surface area contributed by atoms with Crippen LogP contribution in [0.15, 0.2) is 60.9 Å². The van der Waals surface area contributed by atoms with E-state index >= 15 is 0 Å². The fraction of sp³-hybridized carbons (Fsp3) is 0.105. The molecule has 3 rings (SSSR count). The molecule has 5 N–H and O–H groups in total. The molecule has 1 amide bonds. The van der Waals surface area contributed by atoms with Crippen molar-refractivity contribution in [3.63, 3.8) is 0 Å². The fourth-order valence-electron chi connectivity index (χ4n) is 2.30. The second-order valence-corrected chi connectivity index (χ2v) is 6.18. The Bertz CT molecular complexity index is 948. The summed E-state index contributed by atoms with van der Waals surface area (Å²) in [6.45, 7) is 1.16. The van der Waals surface area contributed by atoms with Gasteiger partial charge in [-0.1, -0.05) is 30.4 Å². The molecule has 0 spiro atoms. The number of nitrogens with one attached hydrogen (secondary N) is 3. The van der Waals surface area contributed by atoms with Crippen LogP contribution >= 0.6 is 12.2 Å². The molecule has 0 aliphatic carbocycles. The van der Waals surface area contributed by atoms with Crippen molar-refractivity contribution < 1.29 is 4.79 Å². The van der Waals surface area contributed by atoms with Gasteiger partial charge in [0.2, 0.25) is 5.95 Å². The van der Waals surface area contributed by atoms with Crippen molar-refractivity contribution in [3.05, 3.63) is 72.1 Å². The van der Waals surface area contributed by atoms with Crippen molar-refractivity contribution in [3.8, 4) is 0 Å². The number of pyridine rings is 1. The lowest BCUT2D eigenvalue weighted by molar-refractivity contribution is 0.102. The van der Waals surface area contributed by atoms with E-state index in [1.807, 2.05) is 30.3 Å². The number of nitrogens with two attached hydrogens (primary N) is 1. The molecule has 142 valence electrons. The topological polar surface area (TPSA) is 118 Å². The lowest BCUT2D eigenvalue weighted by atomic mass is 10.2. The maximum absolute atomic E-state index is 12.2. The lowest BCUT2D eigenvalue weighted by Gasteiger charge is -2.09. The first kappa shape index (κ1) is 19.2. The summed E-state index contributed by atoms with van der Waals surface area (Å²) in [7, 11) is 0. The molecule has 0 aliphatic heterocycles. The molecule has 0 unspecified atom stereocenters. The summed E-state index contributed by atoms with van der Waals surface area (Å²) in [5.74, 6) is 1.34. The predicted octanol–water partition coefficient (Wildman–Crippen LogP) is 2.28. The van der Waals surface area contributed by atoms with Crippen LogP contribution in [0, 0.1) is 0 Å². The second kappa shape index (κ2) is 9.38. The number of anilines is 3. The Hall–Kier alpha value is -3.59. The molecule has 2 aromatic heterocycles. The van der Waals surface area contributed by atoms with Gasteiger partial charge in [-0.3, -0.25) is 4.79 Å². The van der Waals surface area contributed by atoms with Gasteiger partial charge in [0.15, 0.2) is 0 Å². The summed E-state index contributed by atoms with van der Waals surface area (Å²) in [5.41, 5.74) is 6.83. The van der Waals surface area contributed by atoms with Crippen LogP contribution in [0.25, 0.3) is 0 Å². The number of carbonyl (C=O) groups excluding carboxylic acids is 1. The minimum Gasteiger partial charge on any atom is -0.389 e. The van der Waals surface area contributed by atoms with Crippen LogP contribution in [-0.2, 0) is 0 Å². The Morgan fingerprint density at radius 2 is 1.71 bits per heavy atom. The van der Waals surface area contributed by atoms with E-state index in [2.05, 4.69) is 30.9 Å². The number of benzene rings is 1. The minimum atomic E-state index is -0.224. The Morgan fingerprint density at radius 3 is 2.43 bits per heavy atom. The maximum Gasteiger partial charge on any atom is 0.256 e. The predicted molar refractivity (Wildman–Crippen MR) is 114 cm³/mol. The molecule has 9 heteroatoms. The van der Waals surface area contributed by atoms with Gasteiger partial charge >= 0.3 is 0 Å². The summed E-state index contributed by atoms with van der Waals surface area (Å²) >= 11 is 4.90. The number of thiocarbonyl (C=S) groups is 1. The van der Waals surface area contributed by atoms with Gasteiger partial charge < -0.3 is 21.7 Å². The first-order valence-corrected chi connectivity index (χ1v) is 8.96. The molecule has 0 saturated carbocycles. The number of rotatable bonds is 8. The molecule has 0 aliphatic rings. The highest BCUT2D eigenvalue weighted by Crippen LogP contribution is 2.09. The van der Waals surface area contributed by atoms with Gasteiger partial charge in [-0.2, -0.15) is 4.98 Å². The van der Waals surface area contributed by atoms with Crippen LogP contribution in [0.1, 0.15) is 15.9 Å². The molecular weight excluding hydrogens is 374 g/mol. The monoisotopic (exact) mass is 393 g/mol. The van der Waals surface area contributed by atoms with E-state index in [0.717, 1.165) is 5.56 Å². The van der Waals surface area contributed by atoms with Gasteiger partial charge in [0.05, 0.1) is 0 Å². The van der Waals surface area contributed by atoms with E-state index in [4.69, 9.17) is 18.0 Å². The van der Waals surface area contributed by atoms with Gasteiger partial charge in [0, 0.05) is 36.6 Å². The number of hydrogen-bond donors (Lipinski definition) is 4. The average molecular weight is 393 g/mol. The summed E-state index contributed by atoms with van der Waals surface area (Å²) < 4.78 is 0. The normalized spacial score (nSPS) is 10.1. The lowest BCUT2D eigenvalue weighted by Crippen LogP contribution is -2.17. The molecule has 8 nitrogen and oxygen atoms in total. The molecule has 1 aromatic carbocycles. The maximum atomic E-state index is 12.2. The Morgan fingerprint density at radius 1 is 0.929 bits per heavy atom. The summed E-state index contributed by atoms with van der Waals surface area (Å²) in [5, 5.41) is 9.01. The van der Waals surface area contributed by atoms with E-state index < -0.39 is 0 Å². The summed E-state index contributed by atoms with van der Waals surface area (Å²) in [6, 6.07) is 14.2. The van der Waals surface area contributed by atoms with Gasteiger partial charge in [-0.15, -0.1) is 0 Å². The van der Waals surface area contributed by atoms with Crippen molar-refractivity contribution in [2.75, 3.05) is 29.0 Å². The molecule has 0 atom stereocenters. The zero-order valence-electron chi connectivity index (χ0n) is 14.9. The highest BCUT2D eigenvalue weighted by Gasteiger charge is 2.07. The van der Waals surface area contributed by atoms with E-state index in [9.17, 15) is 4.79 Å². The molecule has 2 heterocycles. The van der Waals surface area contributed by atoms with E-state index in [-0.39, 0.29) is 5.91 Å². The largest absolute Gasteiger partial charge is 0.389 e. The zero-order chi connectivity index (χ0) is 19.8. The van der Waals surface area contributed by atoms with Crippen LogP contribution in [0.3, 0.4) is 0 Å². The molecular formula is C19H19N7OS. The Balaban J connectivity index is 1.48. The van der Waals surface area contributed by atoms with Gasteiger partial charge in [0.1, 0.15) is 16.6 Å². The average Bonchev–Trinajstić information content (AvgIpc) is 2.72. The van der Waals surface area contributed by atoms with Crippen molar-refractivity contribution in [2.45, 2.75) is 0 Å². The first-order valence-electron chi connectivity index (χ1n) is 8.55. The number of aromatic nitrogens is 3. The van der Waals surface area contributed by atoms with Crippen molar-refractivity contribution >= 4 is 40.7 Å². The molecule has 28 heavy (non-hydrogen) atoms. The number of hydrogen-bond acceptors (Lipinski definition) is 7. The van der Waals surface area contributed by atoms with Crippen LogP contribution in [0.4, 0.5) is 17.6 Å². The molecule has 0 fully saturated rings. The van der Waals surface area contributed by atoms with E-state index in [0.29, 0.717) is 41.2 Å². The van der Waals surface area contributed by atoms with Gasteiger partial charge in [0.25, 0.3) is 5.91 Å². The highest BCUT2D eigenvalue weighted by atomic mass is 32.1. The summed E-state index contributed by atoms with van der Waals surface area (Å²) in [4.78, 5) is 25.2. The van der Waals surface area contributed by atoms with Crippen LogP contribution < -0.4 is 21.7 Å². The highest BCUT2D eigenvalue weighted by molar-refractivity contribution is 7.80. The fourth-order valence-corrected chi connectivity index (χ4v) is 2.42. The third kappa shape index (κ3) is 5.45. The minimum absolute atomic E-state index is 0.224. The SMILES string of the molecule is NC(=S)c1ccc(NCCNc2nccc(NC(=O)c3ccccc3)n2)nc1. The molecule has 3 aromatic rings. The molecule has 0 radical (unpaired) electrons. The smallest absolute Gasteiger partial charge is 0.256 e. The van der Waals surface area contributed by atoms with E-state index in [1.54, 1.807) is 30.6 Å². The van der Waals surface area contributed by atoms with Crippen molar-refractivity contribution in [2.24, 2.45) is 5.73 Å². The second-order valence-electron chi connectivity index (χ2n) is 5.74. The Labute approximate surface area is 167 Å². The third-order valence-electron chi connectivity index (χ3n) is 3.70. The van der Waals surface area contributed by atoms with Crippen LogP contribution in [-0.4, -0.2) is 38.9 Å². The van der Waals surface area contributed by atoms with Crippen LogP contribution in [0.2, 0.25) is 0 Å². The first-order chi connectivity index (χ1) is 13.6. The zero-order valence-corrected chi connectivity index (χ0v) is 15.7. The van der Waals surface area contributed by atoms with Crippen molar-refractivity contribution in [1.29, 1.82) is 0 Å². The number of carbonyl (C=O) groups is 1.